The molecule has 2 rings (SSSR count). The minimum atomic E-state index is 0.143. The zero-order valence-corrected chi connectivity index (χ0v) is 11.1. The lowest BCUT2D eigenvalue weighted by Crippen LogP contribution is -2.18. The lowest BCUT2D eigenvalue weighted by atomic mass is 10.0. The first-order chi connectivity index (χ1) is 8.66. The van der Waals surface area contributed by atoms with E-state index in [1.54, 1.807) is 0 Å². The van der Waals surface area contributed by atoms with Crippen molar-refractivity contribution < 1.29 is 0 Å². The fourth-order valence-corrected chi connectivity index (χ4v) is 2.25. The molecule has 2 aromatic rings. The van der Waals surface area contributed by atoms with Gasteiger partial charge in [0.25, 0.3) is 0 Å². The van der Waals surface area contributed by atoms with E-state index in [0.29, 0.717) is 5.92 Å². The van der Waals surface area contributed by atoms with E-state index in [9.17, 15) is 0 Å². The molecule has 0 radical (unpaired) electrons. The van der Waals surface area contributed by atoms with E-state index in [2.05, 4.69) is 68.5 Å². The molecule has 1 heteroatoms. The maximum absolute atomic E-state index is 6.08. The summed E-state index contributed by atoms with van der Waals surface area (Å²) in [5, 5.41) is 2.56. The lowest BCUT2D eigenvalue weighted by molar-refractivity contribution is 0.547. The van der Waals surface area contributed by atoms with E-state index in [4.69, 9.17) is 5.73 Å². The Morgan fingerprint density at radius 1 is 1.06 bits per heavy atom. The number of nitrogens with two attached hydrogens (primary N) is 1. The van der Waals surface area contributed by atoms with Crippen LogP contribution in [0.25, 0.3) is 16.8 Å². The van der Waals surface area contributed by atoms with Crippen LogP contribution in [-0.2, 0) is 0 Å². The molecule has 0 amide bonds. The smallest absolute Gasteiger partial charge is 0.0229 e. The van der Waals surface area contributed by atoms with Crippen LogP contribution in [0.3, 0.4) is 0 Å². The molecule has 94 valence electrons. The SMILES string of the molecule is CC(C)CC(N)C=Cc1cccc2ccccc12. The van der Waals surface area contributed by atoms with Crippen molar-refractivity contribution in [3.63, 3.8) is 0 Å². The molecule has 18 heavy (non-hydrogen) atoms. The van der Waals surface area contributed by atoms with E-state index in [1.807, 2.05) is 0 Å². The number of benzene rings is 2. The third kappa shape index (κ3) is 3.21. The highest BCUT2D eigenvalue weighted by Gasteiger charge is 2.02. The van der Waals surface area contributed by atoms with Gasteiger partial charge in [-0.05, 0) is 28.7 Å². The van der Waals surface area contributed by atoms with Gasteiger partial charge >= 0.3 is 0 Å². The van der Waals surface area contributed by atoms with Crippen molar-refractivity contribution >= 4 is 16.8 Å². The van der Waals surface area contributed by atoms with Crippen molar-refractivity contribution in [2.75, 3.05) is 0 Å². The summed E-state index contributed by atoms with van der Waals surface area (Å²) in [6.45, 7) is 4.40. The fraction of sp³-hybridized carbons (Fsp3) is 0.294. The summed E-state index contributed by atoms with van der Waals surface area (Å²) < 4.78 is 0. The van der Waals surface area contributed by atoms with Crippen molar-refractivity contribution in [3.8, 4) is 0 Å². The van der Waals surface area contributed by atoms with Gasteiger partial charge in [-0.3, -0.25) is 0 Å². The Balaban J connectivity index is 2.24. The van der Waals surface area contributed by atoms with Crippen molar-refractivity contribution in [1.29, 1.82) is 0 Å². The molecule has 1 unspecified atom stereocenters. The van der Waals surface area contributed by atoms with Crippen LogP contribution in [0, 0.1) is 5.92 Å². The highest BCUT2D eigenvalue weighted by Crippen LogP contribution is 2.20. The first-order valence-electron chi connectivity index (χ1n) is 6.58. The highest BCUT2D eigenvalue weighted by atomic mass is 14.6. The summed E-state index contributed by atoms with van der Waals surface area (Å²) in [5.74, 6) is 0.636. The lowest BCUT2D eigenvalue weighted by Gasteiger charge is -2.09. The maximum atomic E-state index is 6.08. The second kappa shape index (κ2) is 5.83. The average Bonchev–Trinajstić information content (AvgIpc) is 2.35. The van der Waals surface area contributed by atoms with Crippen LogP contribution < -0.4 is 5.73 Å². The molecule has 0 saturated heterocycles. The molecule has 0 saturated carbocycles. The molecule has 0 aliphatic rings. The molecule has 1 nitrogen and oxygen atoms in total. The summed E-state index contributed by atoms with van der Waals surface area (Å²) in [7, 11) is 0. The number of rotatable bonds is 4. The highest BCUT2D eigenvalue weighted by molar-refractivity contribution is 5.90. The van der Waals surface area contributed by atoms with Crippen molar-refractivity contribution in [2.45, 2.75) is 26.3 Å². The summed E-state index contributed by atoms with van der Waals surface area (Å²) in [4.78, 5) is 0. The van der Waals surface area contributed by atoms with Gasteiger partial charge in [0, 0.05) is 6.04 Å². The number of hydrogen-bond acceptors (Lipinski definition) is 1. The first kappa shape index (κ1) is 12.8. The van der Waals surface area contributed by atoms with Crippen LogP contribution in [0.4, 0.5) is 0 Å². The molecule has 1 atom stereocenters. The molecule has 0 fully saturated rings. The third-order valence-electron chi connectivity index (χ3n) is 3.09. The Morgan fingerprint density at radius 2 is 1.78 bits per heavy atom. The fourth-order valence-electron chi connectivity index (χ4n) is 2.25. The van der Waals surface area contributed by atoms with Gasteiger partial charge < -0.3 is 5.73 Å². The topological polar surface area (TPSA) is 26.0 Å². The second-order valence-electron chi connectivity index (χ2n) is 5.22. The van der Waals surface area contributed by atoms with E-state index < -0.39 is 0 Å². The maximum Gasteiger partial charge on any atom is 0.0229 e. The Kier molecular flexibility index (Phi) is 4.16. The first-order valence-corrected chi connectivity index (χ1v) is 6.58. The van der Waals surface area contributed by atoms with Crippen molar-refractivity contribution in [2.24, 2.45) is 11.7 Å². The van der Waals surface area contributed by atoms with E-state index in [0.717, 1.165) is 6.42 Å². The molecule has 0 bridgehead atoms. The molecular weight excluding hydrogens is 218 g/mol. The minimum absolute atomic E-state index is 0.143. The van der Waals surface area contributed by atoms with Crippen LogP contribution in [0.5, 0.6) is 0 Å². The summed E-state index contributed by atoms with van der Waals surface area (Å²) in [6.07, 6.45) is 5.29. The largest absolute Gasteiger partial charge is 0.324 e. The Morgan fingerprint density at radius 3 is 2.56 bits per heavy atom. The van der Waals surface area contributed by atoms with Gasteiger partial charge in [0.05, 0.1) is 0 Å². The normalized spacial score (nSPS) is 13.6. The third-order valence-corrected chi connectivity index (χ3v) is 3.09. The predicted molar refractivity (Wildman–Crippen MR) is 80.4 cm³/mol. The van der Waals surface area contributed by atoms with Crippen LogP contribution >= 0.6 is 0 Å². The Bertz CT molecular complexity index is 535. The van der Waals surface area contributed by atoms with E-state index in [-0.39, 0.29) is 6.04 Å². The predicted octanol–water partition coefficient (Wildman–Crippen LogP) is 4.23. The monoisotopic (exact) mass is 239 g/mol. The van der Waals surface area contributed by atoms with Crippen LogP contribution in [0.1, 0.15) is 25.8 Å². The zero-order valence-electron chi connectivity index (χ0n) is 11.1. The van der Waals surface area contributed by atoms with Gasteiger partial charge in [0.1, 0.15) is 0 Å². The summed E-state index contributed by atoms with van der Waals surface area (Å²) in [5.41, 5.74) is 7.32. The van der Waals surface area contributed by atoms with Gasteiger partial charge in [0.2, 0.25) is 0 Å². The summed E-state index contributed by atoms with van der Waals surface area (Å²) in [6, 6.07) is 15.0. The Labute approximate surface area is 109 Å². The van der Waals surface area contributed by atoms with Crippen molar-refractivity contribution in [1.82, 2.24) is 0 Å². The molecule has 0 aliphatic carbocycles. The zero-order chi connectivity index (χ0) is 13.0. The number of hydrogen-bond donors (Lipinski definition) is 1. The van der Waals surface area contributed by atoms with Crippen LogP contribution in [0.2, 0.25) is 0 Å². The van der Waals surface area contributed by atoms with Gasteiger partial charge in [-0.15, -0.1) is 0 Å². The van der Waals surface area contributed by atoms with Crippen LogP contribution in [-0.4, -0.2) is 6.04 Å². The minimum Gasteiger partial charge on any atom is -0.324 e. The molecule has 0 aromatic heterocycles. The van der Waals surface area contributed by atoms with E-state index in [1.165, 1.54) is 16.3 Å². The number of fused-ring (bicyclic) bond motifs is 1. The van der Waals surface area contributed by atoms with E-state index >= 15 is 0 Å². The molecular formula is C17H21N. The molecule has 0 heterocycles. The van der Waals surface area contributed by atoms with Crippen LogP contribution in [0.15, 0.2) is 48.5 Å². The average molecular weight is 239 g/mol. The molecule has 0 spiro atoms. The molecule has 2 aromatic carbocycles. The summed E-state index contributed by atoms with van der Waals surface area (Å²) >= 11 is 0. The van der Waals surface area contributed by atoms with Crippen molar-refractivity contribution in [3.05, 3.63) is 54.1 Å². The quantitative estimate of drug-likeness (QED) is 0.849. The molecule has 0 aliphatic heterocycles. The van der Waals surface area contributed by atoms with Gasteiger partial charge in [-0.1, -0.05) is 68.5 Å². The van der Waals surface area contributed by atoms with Gasteiger partial charge in [0.15, 0.2) is 0 Å². The van der Waals surface area contributed by atoms with Gasteiger partial charge in [-0.25, -0.2) is 0 Å². The second-order valence-corrected chi connectivity index (χ2v) is 5.22. The van der Waals surface area contributed by atoms with Gasteiger partial charge in [-0.2, -0.15) is 0 Å². The molecule has 2 N–H and O–H groups in total. The standard InChI is InChI=1S/C17H21N/c1-13(2)12-16(18)11-10-15-8-5-7-14-6-3-4-9-17(14)15/h3-11,13,16H,12,18H2,1-2H3. The Hall–Kier alpha value is -1.60.